The van der Waals surface area contributed by atoms with Crippen LogP contribution >= 0.6 is 34.4 Å². The predicted octanol–water partition coefficient (Wildman–Crippen LogP) is 4.22. The van der Waals surface area contributed by atoms with Gasteiger partial charge < -0.3 is 5.32 Å². The van der Waals surface area contributed by atoms with E-state index >= 15 is 0 Å². The maximum Gasteiger partial charge on any atom is 0.221 e. The number of thioether (sulfide) groups is 1. The summed E-state index contributed by atoms with van der Waals surface area (Å²) in [5.41, 5.74) is 1.49. The lowest BCUT2D eigenvalue weighted by atomic mass is 10.2. The Hall–Kier alpha value is -1.34. The summed E-state index contributed by atoms with van der Waals surface area (Å²) in [6, 6.07) is 15.0. The van der Waals surface area contributed by atoms with Crippen molar-refractivity contribution in [3.63, 3.8) is 0 Å². The smallest absolute Gasteiger partial charge is 0.221 e. The van der Waals surface area contributed by atoms with E-state index in [9.17, 15) is 9.59 Å². The highest BCUT2D eigenvalue weighted by Gasteiger charge is 2.06. The summed E-state index contributed by atoms with van der Waals surface area (Å²) in [6.07, 6.45) is 0. The number of nitrogens with one attached hydrogen (secondary N) is 1. The average molecular weight is 411 g/mol. The van der Waals surface area contributed by atoms with Crippen molar-refractivity contribution in [3.8, 4) is 0 Å². The van der Waals surface area contributed by atoms with Gasteiger partial charge in [0.05, 0.1) is 5.75 Å². The lowest BCUT2D eigenvalue weighted by Gasteiger charge is -2.05. The normalized spacial score (nSPS) is 10.2. The summed E-state index contributed by atoms with van der Waals surface area (Å²) in [6.45, 7) is 1.47. The molecule has 0 saturated heterocycles. The molecule has 5 heteroatoms. The Balaban J connectivity index is 1.92. The molecule has 0 atom stereocenters. The Bertz CT molecular complexity index is 638. The number of hydrogen-bond donors (Lipinski definition) is 1. The number of carbonyl (C=O) groups excluding carboxylic acids is 2. The number of hydrogen-bond acceptors (Lipinski definition) is 3. The molecule has 1 amide bonds. The molecule has 108 valence electrons. The van der Waals surface area contributed by atoms with Crippen LogP contribution in [0.1, 0.15) is 17.3 Å². The quantitative estimate of drug-likeness (QED) is 0.455. The summed E-state index contributed by atoms with van der Waals surface area (Å²) in [5.74, 6) is 0.423. The van der Waals surface area contributed by atoms with Crippen molar-refractivity contribution >= 4 is 51.7 Å². The molecule has 0 heterocycles. The molecule has 21 heavy (non-hydrogen) atoms. The Morgan fingerprint density at radius 3 is 2.24 bits per heavy atom. The topological polar surface area (TPSA) is 46.2 Å². The van der Waals surface area contributed by atoms with Gasteiger partial charge in [-0.1, -0.05) is 12.1 Å². The fourth-order valence-corrected chi connectivity index (χ4v) is 2.86. The highest BCUT2D eigenvalue weighted by atomic mass is 127. The average Bonchev–Trinajstić information content (AvgIpc) is 2.46. The third-order valence-electron chi connectivity index (χ3n) is 2.71. The van der Waals surface area contributed by atoms with Gasteiger partial charge in [-0.3, -0.25) is 9.59 Å². The number of ketones is 1. The van der Waals surface area contributed by atoms with Gasteiger partial charge in [-0.2, -0.15) is 0 Å². The molecule has 0 spiro atoms. The van der Waals surface area contributed by atoms with E-state index in [4.69, 9.17) is 0 Å². The van der Waals surface area contributed by atoms with Gasteiger partial charge in [0.2, 0.25) is 5.91 Å². The first-order valence-corrected chi connectivity index (χ1v) is 8.40. The molecule has 0 radical (unpaired) electrons. The Morgan fingerprint density at radius 2 is 1.67 bits per heavy atom. The minimum absolute atomic E-state index is 0.0932. The number of halogens is 1. The van der Waals surface area contributed by atoms with Crippen molar-refractivity contribution in [2.24, 2.45) is 0 Å². The number of rotatable bonds is 5. The second-order valence-corrected chi connectivity index (χ2v) is 6.72. The van der Waals surface area contributed by atoms with Gasteiger partial charge in [0.1, 0.15) is 0 Å². The minimum Gasteiger partial charge on any atom is -0.326 e. The molecule has 0 fully saturated rings. The van der Waals surface area contributed by atoms with Crippen molar-refractivity contribution in [1.29, 1.82) is 0 Å². The minimum atomic E-state index is -0.0932. The van der Waals surface area contributed by atoms with E-state index in [1.165, 1.54) is 18.7 Å². The Morgan fingerprint density at radius 1 is 1.05 bits per heavy atom. The molecule has 3 nitrogen and oxygen atoms in total. The van der Waals surface area contributed by atoms with Crippen LogP contribution in [0.25, 0.3) is 0 Å². The third-order valence-corrected chi connectivity index (χ3v) is 4.44. The summed E-state index contributed by atoms with van der Waals surface area (Å²) >= 11 is 3.71. The van der Waals surface area contributed by atoms with Crippen LogP contribution in [0.5, 0.6) is 0 Å². The Kier molecular flexibility index (Phi) is 5.81. The molecular formula is C16H14INO2S. The molecule has 0 saturated carbocycles. The van der Waals surface area contributed by atoms with E-state index in [0.29, 0.717) is 5.75 Å². The van der Waals surface area contributed by atoms with Gasteiger partial charge >= 0.3 is 0 Å². The molecule has 2 aromatic rings. The van der Waals surface area contributed by atoms with Crippen LogP contribution < -0.4 is 5.32 Å². The largest absolute Gasteiger partial charge is 0.326 e. The van der Waals surface area contributed by atoms with Crippen LogP contribution in [0.15, 0.2) is 53.4 Å². The lowest BCUT2D eigenvalue weighted by Crippen LogP contribution is -2.05. The van der Waals surface area contributed by atoms with Gasteiger partial charge in [-0.05, 0) is 59.0 Å². The van der Waals surface area contributed by atoms with Crippen LogP contribution in [0.3, 0.4) is 0 Å². The van der Waals surface area contributed by atoms with Gasteiger partial charge in [0, 0.05) is 26.6 Å². The highest BCUT2D eigenvalue weighted by molar-refractivity contribution is 14.1. The van der Waals surface area contributed by atoms with E-state index in [0.717, 1.165) is 19.7 Å². The number of anilines is 1. The maximum atomic E-state index is 12.1. The summed E-state index contributed by atoms with van der Waals surface area (Å²) in [7, 11) is 0. The van der Waals surface area contributed by atoms with E-state index < -0.39 is 0 Å². The van der Waals surface area contributed by atoms with Crippen molar-refractivity contribution in [2.75, 3.05) is 11.1 Å². The van der Waals surface area contributed by atoms with Crippen LogP contribution in [0.4, 0.5) is 5.69 Å². The predicted molar refractivity (Wildman–Crippen MR) is 95.0 cm³/mol. The molecule has 2 rings (SSSR count). The zero-order valence-corrected chi connectivity index (χ0v) is 14.4. The van der Waals surface area contributed by atoms with Gasteiger partial charge in [-0.15, -0.1) is 11.8 Å². The van der Waals surface area contributed by atoms with Crippen LogP contribution in [-0.2, 0) is 4.79 Å². The monoisotopic (exact) mass is 411 g/mol. The molecular weight excluding hydrogens is 397 g/mol. The zero-order chi connectivity index (χ0) is 15.2. The summed E-state index contributed by atoms with van der Waals surface area (Å²) in [4.78, 5) is 24.0. The maximum absolute atomic E-state index is 12.1. The van der Waals surface area contributed by atoms with E-state index in [1.54, 1.807) is 0 Å². The molecule has 0 aromatic heterocycles. The highest BCUT2D eigenvalue weighted by Crippen LogP contribution is 2.21. The van der Waals surface area contributed by atoms with Crippen molar-refractivity contribution in [1.82, 2.24) is 0 Å². The first-order valence-electron chi connectivity index (χ1n) is 6.34. The van der Waals surface area contributed by atoms with Crippen molar-refractivity contribution < 1.29 is 9.59 Å². The fourth-order valence-electron chi connectivity index (χ4n) is 1.71. The van der Waals surface area contributed by atoms with E-state index in [2.05, 4.69) is 27.9 Å². The first kappa shape index (κ1) is 16.0. The van der Waals surface area contributed by atoms with Crippen LogP contribution in [0.2, 0.25) is 0 Å². The number of Topliss-reactive ketones (excluding diaryl/α,β-unsaturated/α-hetero) is 1. The van der Waals surface area contributed by atoms with Gasteiger partial charge in [-0.25, -0.2) is 0 Å². The standard InChI is InChI=1S/C16H14INO2S/c1-11(19)18-14-6-8-15(9-7-14)21-10-16(20)12-2-4-13(17)5-3-12/h2-9H,10H2,1H3,(H,18,19). The molecule has 2 aromatic carbocycles. The Labute approximate surface area is 141 Å². The van der Waals surface area contributed by atoms with Crippen LogP contribution in [-0.4, -0.2) is 17.4 Å². The summed E-state index contributed by atoms with van der Waals surface area (Å²) in [5, 5.41) is 2.71. The fraction of sp³-hybridized carbons (Fsp3) is 0.125. The molecule has 0 aliphatic heterocycles. The number of amides is 1. The zero-order valence-electron chi connectivity index (χ0n) is 11.4. The number of benzene rings is 2. The number of carbonyl (C=O) groups is 2. The molecule has 1 N–H and O–H groups in total. The molecule has 0 aliphatic rings. The van der Waals surface area contributed by atoms with E-state index in [-0.39, 0.29) is 11.7 Å². The third kappa shape index (κ3) is 5.17. The second-order valence-electron chi connectivity index (χ2n) is 4.42. The summed E-state index contributed by atoms with van der Waals surface area (Å²) < 4.78 is 1.12. The van der Waals surface area contributed by atoms with Gasteiger partial charge in [0.25, 0.3) is 0 Å². The lowest BCUT2D eigenvalue weighted by molar-refractivity contribution is -0.114. The SMILES string of the molecule is CC(=O)Nc1ccc(SCC(=O)c2ccc(I)cc2)cc1. The van der Waals surface area contributed by atoms with E-state index in [1.807, 2.05) is 48.5 Å². The van der Waals surface area contributed by atoms with Crippen molar-refractivity contribution in [3.05, 3.63) is 57.7 Å². The van der Waals surface area contributed by atoms with Crippen LogP contribution in [0, 0.1) is 3.57 Å². The first-order chi connectivity index (χ1) is 10.0. The van der Waals surface area contributed by atoms with Crippen molar-refractivity contribution in [2.45, 2.75) is 11.8 Å². The molecule has 0 unspecified atom stereocenters. The molecule has 0 aliphatic carbocycles. The second kappa shape index (κ2) is 7.61. The molecule has 0 bridgehead atoms. The van der Waals surface area contributed by atoms with Gasteiger partial charge in [0.15, 0.2) is 5.78 Å².